The second-order valence-electron chi connectivity index (χ2n) is 7.20. The van der Waals surface area contributed by atoms with Gasteiger partial charge in [-0.05, 0) is 40.6 Å². The molecule has 32 heavy (non-hydrogen) atoms. The van der Waals surface area contributed by atoms with Gasteiger partial charge in [-0.1, -0.05) is 60.7 Å². The number of benzene rings is 4. The van der Waals surface area contributed by atoms with Crippen molar-refractivity contribution >= 4 is 17.0 Å². The van der Waals surface area contributed by atoms with Gasteiger partial charge in [0.1, 0.15) is 18.1 Å². The summed E-state index contributed by atoms with van der Waals surface area (Å²) in [5.41, 5.74) is 6.58. The molecule has 0 heterocycles. The monoisotopic (exact) mass is 421 g/mol. The first-order chi connectivity index (χ1) is 15.8. The summed E-state index contributed by atoms with van der Waals surface area (Å²) in [6.07, 6.45) is 1.79. The number of hydrazone groups is 1. The fourth-order valence-corrected chi connectivity index (χ4v) is 3.52. The van der Waals surface area contributed by atoms with Gasteiger partial charge in [-0.25, -0.2) is 0 Å². The first-order valence-corrected chi connectivity index (χ1v) is 10.3. The Morgan fingerprint density at radius 2 is 1.78 bits per heavy atom. The van der Waals surface area contributed by atoms with Crippen LogP contribution in [-0.2, 0) is 13.2 Å². The normalized spacial score (nSPS) is 10.8. The van der Waals surface area contributed by atoms with Crippen LogP contribution >= 0.6 is 0 Å². The van der Waals surface area contributed by atoms with Gasteiger partial charge in [-0.15, -0.1) is 0 Å². The number of para-hydroxylation sites is 1. The second kappa shape index (κ2) is 10.1. The van der Waals surface area contributed by atoms with Crippen LogP contribution in [-0.4, -0.2) is 13.3 Å². The third kappa shape index (κ3) is 4.88. The SMILES string of the molecule is COc1ccccc1CN/N=C/c1c(OCc2cccc(C#N)c2)ccc2ccccc12. The molecule has 1 N–H and O–H groups in total. The minimum Gasteiger partial charge on any atom is -0.496 e. The van der Waals surface area contributed by atoms with Gasteiger partial charge in [-0.3, -0.25) is 0 Å². The second-order valence-corrected chi connectivity index (χ2v) is 7.20. The van der Waals surface area contributed by atoms with Crippen molar-refractivity contribution in [3.8, 4) is 17.6 Å². The highest BCUT2D eigenvalue weighted by molar-refractivity contribution is 6.02. The van der Waals surface area contributed by atoms with Crippen LogP contribution in [0, 0.1) is 11.3 Å². The molecule has 5 nitrogen and oxygen atoms in total. The lowest BCUT2D eigenvalue weighted by Crippen LogP contribution is -2.07. The minimum atomic E-state index is 0.364. The zero-order chi connectivity index (χ0) is 22.2. The number of nitrogens with one attached hydrogen (secondary N) is 1. The van der Waals surface area contributed by atoms with E-state index in [9.17, 15) is 0 Å². The lowest BCUT2D eigenvalue weighted by molar-refractivity contribution is 0.306. The van der Waals surface area contributed by atoms with Crippen molar-refractivity contribution in [2.45, 2.75) is 13.2 Å². The average molecular weight is 422 g/mol. The van der Waals surface area contributed by atoms with E-state index in [1.165, 1.54) is 0 Å². The molecule has 0 amide bonds. The lowest BCUT2D eigenvalue weighted by atomic mass is 10.0. The van der Waals surface area contributed by atoms with Crippen molar-refractivity contribution in [3.05, 3.63) is 107 Å². The number of nitrogens with zero attached hydrogens (tertiary/aromatic N) is 2. The number of ether oxygens (including phenoxy) is 2. The quantitative estimate of drug-likeness (QED) is 0.305. The summed E-state index contributed by atoms with van der Waals surface area (Å²) >= 11 is 0. The van der Waals surface area contributed by atoms with E-state index in [2.05, 4.69) is 28.7 Å². The van der Waals surface area contributed by atoms with Gasteiger partial charge in [0, 0.05) is 11.1 Å². The predicted molar refractivity (Wildman–Crippen MR) is 127 cm³/mol. The first-order valence-electron chi connectivity index (χ1n) is 10.3. The molecule has 0 spiro atoms. The molecule has 0 aliphatic carbocycles. The molecule has 0 aliphatic heterocycles. The van der Waals surface area contributed by atoms with Gasteiger partial charge < -0.3 is 14.9 Å². The fraction of sp³-hybridized carbons (Fsp3) is 0.111. The Bertz CT molecular complexity index is 1290. The van der Waals surface area contributed by atoms with Crippen molar-refractivity contribution in [2.75, 3.05) is 7.11 Å². The van der Waals surface area contributed by atoms with Crippen LogP contribution in [0.3, 0.4) is 0 Å². The van der Waals surface area contributed by atoms with Crippen LogP contribution < -0.4 is 14.9 Å². The van der Waals surface area contributed by atoms with Crippen LogP contribution in [0.15, 0.2) is 90.0 Å². The molecular formula is C27H23N3O2. The molecular weight excluding hydrogens is 398 g/mol. The molecule has 0 aromatic heterocycles. The van der Waals surface area contributed by atoms with E-state index in [0.29, 0.717) is 18.7 Å². The van der Waals surface area contributed by atoms with Crippen LogP contribution in [0.4, 0.5) is 0 Å². The third-order valence-electron chi connectivity index (χ3n) is 5.13. The van der Waals surface area contributed by atoms with Crippen LogP contribution in [0.1, 0.15) is 22.3 Å². The molecule has 0 unspecified atom stereocenters. The Balaban J connectivity index is 1.56. The zero-order valence-electron chi connectivity index (χ0n) is 17.8. The zero-order valence-corrected chi connectivity index (χ0v) is 17.8. The van der Waals surface area contributed by atoms with Crippen molar-refractivity contribution in [1.82, 2.24) is 5.43 Å². The maximum absolute atomic E-state index is 9.12. The Hall–Kier alpha value is -4.30. The molecule has 0 radical (unpaired) electrons. The summed E-state index contributed by atoms with van der Waals surface area (Å²) < 4.78 is 11.5. The Labute approximate surface area is 187 Å². The van der Waals surface area contributed by atoms with Gasteiger partial charge in [0.2, 0.25) is 0 Å². The number of hydrogen-bond acceptors (Lipinski definition) is 5. The molecule has 158 valence electrons. The van der Waals surface area contributed by atoms with Gasteiger partial charge >= 0.3 is 0 Å². The van der Waals surface area contributed by atoms with Gasteiger partial charge in [0.15, 0.2) is 0 Å². The van der Waals surface area contributed by atoms with E-state index in [-0.39, 0.29) is 0 Å². The maximum Gasteiger partial charge on any atom is 0.129 e. The molecule has 0 saturated heterocycles. The minimum absolute atomic E-state index is 0.364. The summed E-state index contributed by atoms with van der Waals surface area (Å²) in [6.45, 7) is 0.908. The van der Waals surface area contributed by atoms with E-state index in [1.807, 2.05) is 66.7 Å². The van der Waals surface area contributed by atoms with E-state index in [0.717, 1.165) is 39.0 Å². The molecule has 4 rings (SSSR count). The summed E-state index contributed by atoms with van der Waals surface area (Å²) in [7, 11) is 1.66. The fourth-order valence-electron chi connectivity index (χ4n) is 3.52. The average Bonchev–Trinajstić information content (AvgIpc) is 2.86. The van der Waals surface area contributed by atoms with Gasteiger partial charge in [0.05, 0.1) is 31.5 Å². The summed E-state index contributed by atoms with van der Waals surface area (Å²) in [5.74, 6) is 1.55. The molecule has 4 aromatic rings. The van der Waals surface area contributed by atoms with Crippen LogP contribution in [0.5, 0.6) is 11.5 Å². The number of methoxy groups -OCH3 is 1. The van der Waals surface area contributed by atoms with E-state index in [4.69, 9.17) is 14.7 Å². The summed E-state index contributed by atoms with van der Waals surface area (Å²) in [5, 5.41) is 15.7. The highest BCUT2D eigenvalue weighted by Crippen LogP contribution is 2.27. The maximum atomic E-state index is 9.12. The highest BCUT2D eigenvalue weighted by Gasteiger charge is 2.08. The first kappa shape index (κ1) is 21.0. The van der Waals surface area contributed by atoms with Crippen LogP contribution in [0.2, 0.25) is 0 Å². The number of rotatable bonds is 8. The number of nitriles is 1. The van der Waals surface area contributed by atoms with E-state index in [1.54, 1.807) is 19.4 Å². The van der Waals surface area contributed by atoms with Gasteiger partial charge in [0.25, 0.3) is 0 Å². The standard InChI is InChI=1S/C27H23N3O2/c1-31-26-12-5-3-10-23(26)17-29-30-18-25-24-11-4-2-9-22(24)13-14-27(25)32-19-21-8-6-7-20(15-21)16-28/h2-15,18,29H,17,19H2,1H3/b30-18+. The van der Waals surface area contributed by atoms with E-state index < -0.39 is 0 Å². The Morgan fingerprint density at radius 1 is 0.938 bits per heavy atom. The van der Waals surface area contributed by atoms with Gasteiger partial charge in [-0.2, -0.15) is 10.4 Å². The predicted octanol–water partition coefficient (Wildman–Crippen LogP) is 5.42. The van der Waals surface area contributed by atoms with Crippen molar-refractivity contribution < 1.29 is 9.47 Å². The van der Waals surface area contributed by atoms with Crippen molar-refractivity contribution in [3.63, 3.8) is 0 Å². The molecule has 0 bridgehead atoms. The molecule has 4 aromatic carbocycles. The number of hydrogen-bond donors (Lipinski definition) is 1. The number of fused-ring (bicyclic) bond motifs is 1. The summed E-state index contributed by atoms with van der Waals surface area (Å²) in [6, 6.07) is 29.6. The smallest absolute Gasteiger partial charge is 0.129 e. The molecule has 0 fully saturated rings. The molecule has 0 saturated carbocycles. The largest absolute Gasteiger partial charge is 0.496 e. The third-order valence-corrected chi connectivity index (χ3v) is 5.13. The Kier molecular flexibility index (Phi) is 6.64. The highest BCUT2D eigenvalue weighted by atomic mass is 16.5. The Morgan fingerprint density at radius 3 is 2.66 bits per heavy atom. The molecule has 5 heteroatoms. The topological polar surface area (TPSA) is 66.6 Å². The molecule has 0 atom stereocenters. The van der Waals surface area contributed by atoms with Crippen LogP contribution in [0.25, 0.3) is 10.8 Å². The molecule has 0 aliphatic rings. The van der Waals surface area contributed by atoms with Crippen molar-refractivity contribution in [2.24, 2.45) is 5.10 Å². The summed E-state index contributed by atoms with van der Waals surface area (Å²) in [4.78, 5) is 0. The lowest BCUT2D eigenvalue weighted by Gasteiger charge is -2.12. The van der Waals surface area contributed by atoms with Crippen molar-refractivity contribution in [1.29, 1.82) is 5.26 Å². The van der Waals surface area contributed by atoms with E-state index >= 15 is 0 Å².